The van der Waals surface area contributed by atoms with Gasteiger partial charge in [-0.1, -0.05) is 12.2 Å². The molecule has 2 aromatic heterocycles. The maximum Gasteiger partial charge on any atom is 0.163 e. The van der Waals surface area contributed by atoms with E-state index in [1.54, 1.807) is 23.6 Å². The van der Waals surface area contributed by atoms with E-state index in [0.717, 1.165) is 5.69 Å². The van der Waals surface area contributed by atoms with Gasteiger partial charge in [0.05, 0.1) is 17.4 Å². The highest BCUT2D eigenvalue weighted by Gasteiger charge is 2.06. The molecular weight excluding hydrogens is 228 g/mol. The topological polar surface area (TPSA) is 63.8 Å². The van der Waals surface area contributed by atoms with E-state index in [2.05, 4.69) is 15.5 Å². The van der Waals surface area contributed by atoms with Gasteiger partial charge in [-0.15, -0.1) is 5.10 Å². The molecule has 0 unspecified atom stereocenters. The summed E-state index contributed by atoms with van der Waals surface area (Å²) in [5, 5.41) is 14.8. The molecule has 0 radical (unpaired) electrons. The molecular formula is C9H8N4S2. The van der Waals surface area contributed by atoms with Crippen LogP contribution in [0.25, 0.3) is 0 Å². The minimum Gasteiger partial charge on any atom is -0.389 e. The summed E-state index contributed by atoms with van der Waals surface area (Å²) in [4.78, 5) is 0.308. The van der Waals surface area contributed by atoms with Crippen LogP contribution in [0.5, 0.6) is 0 Å². The molecule has 0 aliphatic carbocycles. The standard InChI is InChI=1S/C9H8N4S2/c10-8(14)7-1-3-11-13-9(7)12-6-2-4-15-5-6/h1-5H,(H2,10,14)(H,12,13). The summed E-state index contributed by atoms with van der Waals surface area (Å²) in [6.07, 6.45) is 1.56. The lowest BCUT2D eigenvalue weighted by molar-refractivity contribution is 1.03. The molecule has 0 amide bonds. The maximum absolute atomic E-state index is 5.57. The van der Waals surface area contributed by atoms with Crippen LogP contribution in [-0.4, -0.2) is 15.2 Å². The Balaban J connectivity index is 2.32. The Bertz CT molecular complexity index is 467. The predicted octanol–water partition coefficient (Wildman–Crippen LogP) is 1.92. The van der Waals surface area contributed by atoms with Crippen LogP contribution < -0.4 is 11.1 Å². The van der Waals surface area contributed by atoms with Gasteiger partial charge in [0.15, 0.2) is 5.82 Å². The first-order valence-corrected chi connectivity index (χ1v) is 5.53. The minimum atomic E-state index is 0.308. The van der Waals surface area contributed by atoms with Gasteiger partial charge in [0, 0.05) is 5.38 Å². The van der Waals surface area contributed by atoms with Crippen molar-refractivity contribution in [3.05, 3.63) is 34.7 Å². The van der Waals surface area contributed by atoms with Gasteiger partial charge in [-0.25, -0.2) is 0 Å². The second-order valence-electron chi connectivity index (χ2n) is 2.79. The molecule has 15 heavy (non-hydrogen) atoms. The number of nitrogens with zero attached hydrogens (tertiary/aromatic N) is 2. The van der Waals surface area contributed by atoms with E-state index in [1.165, 1.54) is 0 Å². The number of thiophene rings is 1. The summed E-state index contributed by atoms with van der Waals surface area (Å²) < 4.78 is 0. The Morgan fingerprint density at radius 3 is 3.00 bits per heavy atom. The number of aromatic nitrogens is 2. The van der Waals surface area contributed by atoms with E-state index in [-0.39, 0.29) is 0 Å². The van der Waals surface area contributed by atoms with E-state index in [1.807, 2.05) is 16.8 Å². The average molecular weight is 236 g/mol. The maximum atomic E-state index is 5.57. The van der Waals surface area contributed by atoms with Gasteiger partial charge in [0.25, 0.3) is 0 Å². The fraction of sp³-hybridized carbons (Fsp3) is 0. The fourth-order valence-electron chi connectivity index (χ4n) is 1.10. The molecule has 0 aromatic carbocycles. The SMILES string of the molecule is NC(=S)c1ccnnc1Nc1ccsc1. The van der Waals surface area contributed by atoms with E-state index in [4.69, 9.17) is 18.0 Å². The van der Waals surface area contributed by atoms with Gasteiger partial charge < -0.3 is 11.1 Å². The first-order chi connectivity index (χ1) is 7.27. The Kier molecular flexibility index (Phi) is 2.89. The highest BCUT2D eigenvalue weighted by atomic mass is 32.1. The molecule has 0 aliphatic rings. The molecule has 76 valence electrons. The van der Waals surface area contributed by atoms with Crippen molar-refractivity contribution in [3.8, 4) is 0 Å². The molecule has 2 aromatic rings. The molecule has 0 saturated carbocycles. The first-order valence-electron chi connectivity index (χ1n) is 4.18. The molecule has 0 saturated heterocycles. The molecule has 0 fully saturated rings. The van der Waals surface area contributed by atoms with Crippen molar-refractivity contribution in [2.24, 2.45) is 5.73 Å². The number of thiocarbonyl (C=S) groups is 1. The van der Waals surface area contributed by atoms with Crippen LogP contribution in [0.15, 0.2) is 29.1 Å². The lowest BCUT2D eigenvalue weighted by Gasteiger charge is -2.06. The molecule has 4 nitrogen and oxygen atoms in total. The zero-order chi connectivity index (χ0) is 10.7. The van der Waals surface area contributed by atoms with E-state index in [0.29, 0.717) is 16.4 Å². The van der Waals surface area contributed by atoms with Crippen molar-refractivity contribution >= 4 is 40.0 Å². The highest BCUT2D eigenvalue weighted by Crippen LogP contribution is 2.19. The lowest BCUT2D eigenvalue weighted by Crippen LogP contribution is -2.13. The van der Waals surface area contributed by atoms with E-state index >= 15 is 0 Å². The summed E-state index contributed by atoms with van der Waals surface area (Å²) in [7, 11) is 0. The van der Waals surface area contributed by atoms with Gasteiger partial charge in [0.1, 0.15) is 4.99 Å². The van der Waals surface area contributed by atoms with Crippen LogP contribution in [0.1, 0.15) is 5.56 Å². The Labute approximate surface area is 96.2 Å². The zero-order valence-corrected chi connectivity index (χ0v) is 9.31. The molecule has 2 heterocycles. The zero-order valence-electron chi connectivity index (χ0n) is 7.68. The van der Waals surface area contributed by atoms with Crippen molar-refractivity contribution in [2.75, 3.05) is 5.32 Å². The van der Waals surface area contributed by atoms with Crippen LogP contribution in [0.3, 0.4) is 0 Å². The van der Waals surface area contributed by atoms with Crippen LogP contribution in [0, 0.1) is 0 Å². The summed E-state index contributed by atoms with van der Waals surface area (Å²) in [5.74, 6) is 0.586. The van der Waals surface area contributed by atoms with Crippen molar-refractivity contribution in [3.63, 3.8) is 0 Å². The smallest absolute Gasteiger partial charge is 0.163 e. The Hall–Kier alpha value is -1.53. The van der Waals surface area contributed by atoms with E-state index < -0.39 is 0 Å². The monoisotopic (exact) mass is 236 g/mol. The van der Waals surface area contributed by atoms with Crippen LogP contribution >= 0.6 is 23.6 Å². The highest BCUT2D eigenvalue weighted by molar-refractivity contribution is 7.80. The number of anilines is 2. The summed E-state index contributed by atoms with van der Waals surface area (Å²) >= 11 is 6.52. The molecule has 0 aliphatic heterocycles. The molecule has 3 N–H and O–H groups in total. The van der Waals surface area contributed by atoms with Crippen molar-refractivity contribution in [2.45, 2.75) is 0 Å². The summed E-state index contributed by atoms with van der Waals surface area (Å²) in [5.41, 5.74) is 7.23. The second-order valence-corrected chi connectivity index (χ2v) is 4.01. The lowest BCUT2D eigenvalue weighted by atomic mass is 10.3. The van der Waals surface area contributed by atoms with Crippen molar-refractivity contribution in [1.82, 2.24) is 10.2 Å². The average Bonchev–Trinajstić information content (AvgIpc) is 2.71. The fourth-order valence-corrected chi connectivity index (χ4v) is 1.85. The van der Waals surface area contributed by atoms with Crippen molar-refractivity contribution < 1.29 is 0 Å². The molecule has 2 rings (SSSR count). The Morgan fingerprint density at radius 2 is 2.33 bits per heavy atom. The third kappa shape index (κ3) is 2.28. The number of hydrogen-bond donors (Lipinski definition) is 2. The largest absolute Gasteiger partial charge is 0.389 e. The molecule has 0 spiro atoms. The number of hydrogen-bond acceptors (Lipinski definition) is 5. The third-order valence-corrected chi connectivity index (χ3v) is 2.67. The van der Waals surface area contributed by atoms with Gasteiger partial charge in [0.2, 0.25) is 0 Å². The Morgan fingerprint density at radius 1 is 1.47 bits per heavy atom. The third-order valence-electron chi connectivity index (χ3n) is 1.77. The number of nitrogens with one attached hydrogen (secondary N) is 1. The summed E-state index contributed by atoms with van der Waals surface area (Å²) in [6, 6.07) is 3.69. The van der Waals surface area contributed by atoms with Gasteiger partial charge in [-0.3, -0.25) is 0 Å². The first kappa shape index (κ1) is 10.0. The van der Waals surface area contributed by atoms with Crippen LogP contribution in [0.2, 0.25) is 0 Å². The number of nitrogens with two attached hydrogens (primary N) is 1. The van der Waals surface area contributed by atoms with Crippen LogP contribution in [-0.2, 0) is 0 Å². The van der Waals surface area contributed by atoms with Crippen LogP contribution in [0.4, 0.5) is 11.5 Å². The molecule has 0 atom stereocenters. The van der Waals surface area contributed by atoms with Gasteiger partial charge in [-0.05, 0) is 17.5 Å². The van der Waals surface area contributed by atoms with E-state index in [9.17, 15) is 0 Å². The summed E-state index contributed by atoms with van der Waals surface area (Å²) in [6.45, 7) is 0. The minimum absolute atomic E-state index is 0.308. The quantitative estimate of drug-likeness (QED) is 0.797. The molecule has 6 heteroatoms. The second kappa shape index (κ2) is 4.33. The van der Waals surface area contributed by atoms with Crippen molar-refractivity contribution in [1.29, 1.82) is 0 Å². The van der Waals surface area contributed by atoms with Gasteiger partial charge >= 0.3 is 0 Å². The normalized spacial score (nSPS) is 9.87. The molecule has 0 bridgehead atoms. The van der Waals surface area contributed by atoms with Gasteiger partial charge in [-0.2, -0.15) is 16.4 Å². The number of rotatable bonds is 3. The predicted molar refractivity (Wildman–Crippen MR) is 65.5 cm³/mol.